The van der Waals surface area contributed by atoms with Gasteiger partial charge < -0.3 is 9.74 Å². The smallest absolute Gasteiger partial charge is 0.378 e. The fourth-order valence-electron chi connectivity index (χ4n) is 2.06. The molecule has 0 fully saturated rings. The summed E-state index contributed by atoms with van der Waals surface area (Å²) in [5.74, 6) is -1.76. The Hall–Kier alpha value is -3.22. The van der Waals surface area contributed by atoms with Gasteiger partial charge in [0, 0.05) is 25.3 Å². The highest BCUT2D eigenvalue weighted by Gasteiger charge is 2.20. The van der Waals surface area contributed by atoms with Gasteiger partial charge in [-0.2, -0.15) is 0 Å². The molecule has 2 aromatic carbocycles. The number of rotatable bonds is 4. The van der Waals surface area contributed by atoms with Crippen LogP contribution < -0.4 is 9.74 Å². The molecule has 0 spiro atoms. The summed E-state index contributed by atoms with van der Waals surface area (Å²) in [6.45, 7) is 0. The first-order chi connectivity index (χ1) is 11.1. The van der Waals surface area contributed by atoms with E-state index in [4.69, 9.17) is 4.84 Å². The second kappa shape index (κ2) is 5.88. The van der Waals surface area contributed by atoms with Gasteiger partial charge in [0.25, 0.3) is 5.78 Å². The van der Waals surface area contributed by atoms with Crippen LogP contribution in [0.4, 0.5) is 5.69 Å². The van der Waals surface area contributed by atoms with Crippen molar-refractivity contribution in [3.8, 4) is 0 Å². The van der Waals surface area contributed by atoms with Gasteiger partial charge in [0.05, 0.1) is 0 Å². The molecule has 0 unspecified atom stereocenters. The Kier molecular flexibility index (Phi) is 3.76. The molecule has 116 valence electrons. The maximum absolute atomic E-state index is 12.1. The standard InChI is InChI=1S/C16H14N4O3/c1-19(2)12-9-7-11(8-10-12)15(21)16(22)23-20-14-6-4-3-5-13(14)17-18-20/h3-10H,1-2H3. The number of para-hydroxylation sites is 1. The van der Waals surface area contributed by atoms with E-state index >= 15 is 0 Å². The average molecular weight is 310 g/mol. The SMILES string of the molecule is CN(C)c1ccc(C(=O)C(=O)On2nnc3ccccc32)cc1. The van der Waals surface area contributed by atoms with Crippen molar-refractivity contribution in [1.29, 1.82) is 0 Å². The molecule has 1 aromatic heterocycles. The summed E-state index contributed by atoms with van der Waals surface area (Å²) in [6, 6.07) is 13.7. The minimum Gasteiger partial charge on any atom is -0.378 e. The van der Waals surface area contributed by atoms with E-state index in [1.54, 1.807) is 48.5 Å². The number of hydrogen-bond acceptors (Lipinski definition) is 6. The van der Waals surface area contributed by atoms with Crippen molar-refractivity contribution in [3.05, 3.63) is 54.1 Å². The number of carbonyl (C=O) groups excluding carboxylic acids is 2. The lowest BCUT2D eigenvalue weighted by Gasteiger charge is -2.12. The molecule has 3 aromatic rings. The van der Waals surface area contributed by atoms with Crippen LogP contribution >= 0.6 is 0 Å². The molecule has 0 saturated carbocycles. The fraction of sp³-hybridized carbons (Fsp3) is 0.125. The van der Waals surface area contributed by atoms with Crippen molar-refractivity contribution < 1.29 is 14.4 Å². The highest BCUT2D eigenvalue weighted by molar-refractivity contribution is 6.40. The van der Waals surface area contributed by atoms with Gasteiger partial charge in [-0.3, -0.25) is 4.79 Å². The molecule has 0 aliphatic heterocycles. The second-order valence-electron chi connectivity index (χ2n) is 5.10. The van der Waals surface area contributed by atoms with E-state index in [9.17, 15) is 9.59 Å². The third kappa shape index (κ3) is 2.89. The highest BCUT2D eigenvalue weighted by Crippen LogP contribution is 2.13. The summed E-state index contributed by atoms with van der Waals surface area (Å²) in [7, 11) is 3.78. The highest BCUT2D eigenvalue weighted by atomic mass is 16.7. The predicted octanol–water partition coefficient (Wildman–Crippen LogP) is 1.34. The number of anilines is 1. The van der Waals surface area contributed by atoms with Crippen LogP contribution in [0.5, 0.6) is 0 Å². The summed E-state index contributed by atoms with van der Waals surface area (Å²) >= 11 is 0. The molecule has 7 heteroatoms. The molecule has 0 aliphatic rings. The van der Waals surface area contributed by atoms with E-state index in [1.165, 1.54) is 0 Å². The van der Waals surface area contributed by atoms with E-state index < -0.39 is 11.8 Å². The number of Topliss-reactive ketones (excluding diaryl/α,β-unsaturated/α-hetero) is 1. The van der Waals surface area contributed by atoms with Gasteiger partial charge in [-0.1, -0.05) is 17.0 Å². The summed E-state index contributed by atoms with van der Waals surface area (Å²) in [4.78, 5) is 32.0. The summed E-state index contributed by atoms with van der Waals surface area (Å²) in [5.41, 5.74) is 2.27. The Balaban J connectivity index is 1.78. The zero-order chi connectivity index (χ0) is 16.4. The largest absolute Gasteiger partial charge is 0.405 e. The molecule has 0 N–H and O–H groups in total. The minimum absolute atomic E-state index is 0.255. The normalized spacial score (nSPS) is 10.5. The number of ketones is 1. The average Bonchev–Trinajstić information content (AvgIpc) is 2.97. The van der Waals surface area contributed by atoms with Crippen LogP contribution in [0.15, 0.2) is 48.5 Å². The Labute approximate surface area is 132 Å². The Morgan fingerprint density at radius 1 is 1.04 bits per heavy atom. The van der Waals surface area contributed by atoms with E-state index in [2.05, 4.69) is 10.3 Å². The van der Waals surface area contributed by atoms with Crippen molar-refractivity contribution in [1.82, 2.24) is 15.2 Å². The Bertz CT molecular complexity index is 868. The number of nitrogens with zero attached hydrogens (tertiary/aromatic N) is 4. The van der Waals surface area contributed by atoms with Crippen LogP contribution in [0.1, 0.15) is 10.4 Å². The molecular formula is C16H14N4O3. The molecule has 3 rings (SSSR count). The van der Waals surface area contributed by atoms with E-state index in [0.717, 1.165) is 10.5 Å². The molecule has 0 aliphatic carbocycles. The van der Waals surface area contributed by atoms with Crippen molar-refractivity contribution in [2.45, 2.75) is 0 Å². The quantitative estimate of drug-likeness (QED) is 0.411. The predicted molar refractivity (Wildman–Crippen MR) is 84.2 cm³/mol. The Morgan fingerprint density at radius 2 is 1.74 bits per heavy atom. The molecule has 0 amide bonds. The lowest BCUT2D eigenvalue weighted by Crippen LogP contribution is -2.28. The number of fused-ring (bicyclic) bond motifs is 1. The first kappa shape index (κ1) is 14.7. The van der Waals surface area contributed by atoms with Crippen LogP contribution in [0.3, 0.4) is 0 Å². The van der Waals surface area contributed by atoms with Crippen LogP contribution in [0.2, 0.25) is 0 Å². The van der Waals surface area contributed by atoms with Gasteiger partial charge in [0.2, 0.25) is 0 Å². The van der Waals surface area contributed by atoms with E-state index in [0.29, 0.717) is 11.0 Å². The first-order valence-electron chi connectivity index (χ1n) is 6.91. The first-order valence-corrected chi connectivity index (χ1v) is 6.91. The third-order valence-electron chi connectivity index (χ3n) is 3.32. The third-order valence-corrected chi connectivity index (χ3v) is 3.32. The van der Waals surface area contributed by atoms with Crippen LogP contribution in [-0.4, -0.2) is 41.0 Å². The monoisotopic (exact) mass is 310 g/mol. The van der Waals surface area contributed by atoms with Gasteiger partial charge in [0.1, 0.15) is 11.0 Å². The fourth-order valence-corrected chi connectivity index (χ4v) is 2.06. The van der Waals surface area contributed by atoms with Gasteiger partial charge >= 0.3 is 5.97 Å². The van der Waals surface area contributed by atoms with Crippen LogP contribution in [0, 0.1) is 0 Å². The summed E-state index contributed by atoms with van der Waals surface area (Å²) in [6.07, 6.45) is 0. The molecule has 0 radical (unpaired) electrons. The van der Waals surface area contributed by atoms with Crippen molar-refractivity contribution >= 4 is 28.5 Å². The number of carbonyl (C=O) groups is 2. The maximum Gasteiger partial charge on any atom is 0.405 e. The van der Waals surface area contributed by atoms with Crippen molar-refractivity contribution in [3.63, 3.8) is 0 Å². The van der Waals surface area contributed by atoms with Crippen molar-refractivity contribution in [2.24, 2.45) is 0 Å². The molecular weight excluding hydrogens is 296 g/mol. The lowest BCUT2D eigenvalue weighted by atomic mass is 10.1. The molecule has 0 saturated heterocycles. The Morgan fingerprint density at radius 3 is 2.43 bits per heavy atom. The van der Waals surface area contributed by atoms with Crippen molar-refractivity contribution in [2.75, 3.05) is 19.0 Å². The molecule has 0 bridgehead atoms. The topological polar surface area (TPSA) is 77.3 Å². The molecule has 0 atom stereocenters. The lowest BCUT2D eigenvalue weighted by molar-refractivity contribution is -0.139. The zero-order valence-electron chi connectivity index (χ0n) is 12.6. The molecule has 23 heavy (non-hydrogen) atoms. The van der Waals surface area contributed by atoms with Gasteiger partial charge in [-0.05, 0) is 41.6 Å². The second-order valence-corrected chi connectivity index (χ2v) is 5.10. The van der Waals surface area contributed by atoms with Gasteiger partial charge in [-0.25, -0.2) is 4.79 Å². The number of hydrogen-bond donors (Lipinski definition) is 0. The van der Waals surface area contributed by atoms with Crippen LogP contribution in [-0.2, 0) is 4.79 Å². The van der Waals surface area contributed by atoms with Gasteiger partial charge in [0.15, 0.2) is 0 Å². The summed E-state index contributed by atoms with van der Waals surface area (Å²) in [5, 5.41) is 7.57. The van der Waals surface area contributed by atoms with E-state index in [-0.39, 0.29) is 5.56 Å². The molecule has 7 nitrogen and oxygen atoms in total. The van der Waals surface area contributed by atoms with Crippen LogP contribution in [0.25, 0.3) is 11.0 Å². The number of benzene rings is 2. The minimum atomic E-state index is -1.02. The zero-order valence-corrected chi connectivity index (χ0v) is 12.6. The molecule has 1 heterocycles. The van der Waals surface area contributed by atoms with E-state index in [1.807, 2.05) is 19.0 Å². The number of aromatic nitrogens is 3. The maximum atomic E-state index is 12.1. The van der Waals surface area contributed by atoms with Gasteiger partial charge in [-0.15, -0.1) is 5.10 Å². The summed E-state index contributed by atoms with van der Waals surface area (Å²) < 4.78 is 0.